The molecular formula is C66H119NO8. The first-order valence-electron chi connectivity index (χ1n) is 31.7. The van der Waals surface area contributed by atoms with Gasteiger partial charge in [0.15, 0.2) is 6.29 Å². The standard InChI is InChI=1S/C66H119NO8/c1-3-5-7-9-11-13-15-17-18-19-20-21-22-23-24-25-26-27-28-29-30-31-32-33-34-35-36-37-38-39-40-41-42-44-46-48-50-52-54-56-62(70)67-59(58-74-66-65(73)64(72)63(71)61(57-68)75-66)60(69)55-53-51-49-47-45-43-16-14-12-10-8-6-4-2/h5,7,11,13,17-18,20-21,23-24,53,55,59-61,63-66,68-69,71-73H,3-4,6,8-10,12,14-16,19,22,25-52,54,56-58H2,1-2H3,(H,67,70)/b7-5-,13-11-,18-17-,21-20-,24-23-,55-53+. The van der Waals surface area contributed by atoms with Crippen LogP contribution in [0.25, 0.3) is 0 Å². The quantitative estimate of drug-likeness (QED) is 0.0261. The number of aliphatic hydroxyl groups excluding tert-OH is 5. The second-order valence-electron chi connectivity index (χ2n) is 21.8. The molecule has 0 spiro atoms. The molecule has 1 aliphatic heterocycles. The maximum absolute atomic E-state index is 13.1. The molecule has 1 aliphatic rings. The third-order valence-corrected chi connectivity index (χ3v) is 14.8. The van der Waals surface area contributed by atoms with Crippen LogP contribution < -0.4 is 5.32 Å². The molecule has 7 unspecified atom stereocenters. The van der Waals surface area contributed by atoms with Gasteiger partial charge in [0.2, 0.25) is 5.91 Å². The van der Waals surface area contributed by atoms with Gasteiger partial charge in [0.05, 0.1) is 25.4 Å². The molecule has 7 atom stereocenters. The van der Waals surface area contributed by atoms with Crippen LogP contribution in [0.15, 0.2) is 72.9 Å². The van der Waals surface area contributed by atoms with Crippen molar-refractivity contribution in [3.8, 4) is 0 Å². The van der Waals surface area contributed by atoms with Crippen molar-refractivity contribution in [2.24, 2.45) is 0 Å². The largest absolute Gasteiger partial charge is 0.394 e. The number of allylic oxidation sites excluding steroid dienone is 11. The van der Waals surface area contributed by atoms with Crippen LogP contribution in [-0.4, -0.2) is 87.5 Å². The van der Waals surface area contributed by atoms with E-state index in [1.54, 1.807) is 6.08 Å². The van der Waals surface area contributed by atoms with Crippen molar-refractivity contribution in [3.63, 3.8) is 0 Å². The number of hydrogen-bond acceptors (Lipinski definition) is 8. The molecule has 75 heavy (non-hydrogen) atoms. The summed E-state index contributed by atoms with van der Waals surface area (Å²) in [5, 5.41) is 54.5. The lowest BCUT2D eigenvalue weighted by Gasteiger charge is -2.40. The summed E-state index contributed by atoms with van der Waals surface area (Å²) >= 11 is 0. The van der Waals surface area contributed by atoms with E-state index in [-0.39, 0.29) is 12.5 Å². The normalized spacial score (nSPS) is 19.4. The number of ether oxygens (including phenoxy) is 2. The smallest absolute Gasteiger partial charge is 0.220 e. The van der Waals surface area contributed by atoms with Crippen LogP contribution in [0.4, 0.5) is 0 Å². The lowest BCUT2D eigenvalue weighted by molar-refractivity contribution is -0.302. The van der Waals surface area contributed by atoms with Crippen molar-refractivity contribution in [2.75, 3.05) is 13.2 Å². The summed E-state index contributed by atoms with van der Waals surface area (Å²) in [6, 6.07) is -0.804. The molecule has 0 aromatic carbocycles. The van der Waals surface area contributed by atoms with Crippen LogP contribution in [0.1, 0.15) is 284 Å². The van der Waals surface area contributed by atoms with E-state index < -0.39 is 49.5 Å². The minimum absolute atomic E-state index is 0.174. The lowest BCUT2D eigenvalue weighted by Crippen LogP contribution is -2.60. The zero-order chi connectivity index (χ0) is 54.3. The number of carbonyl (C=O) groups is 1. The highest BCUT2D eigenvalue weighted by atomic mass is 16.7. The number of carbonyl (C=O) groups excluding carboxylic acids is 1. The molecule has 0 bridgehead atoms. The van der Waals surface area contributed by atoms with Crippen molar-refractivity contribution in [2.45, 2.75) is 326 Å². The summed E-state index contributed by atoms with van der Waals surface area (Å²) in [7, 11) is 0. The van der Waals surface area contributed by atoms with E-state index in [9.17, 15) is 30.3 Å². The summed E-state index contributed by atoms with van der Waals surface area (Å²) in [4.78, 5) is 13.1. The molecule has 6 N–H and O–H groups in total. The second-order valence-corrected chi connectivity index (χ2v) is 21.8. The first kappa shape index (κ1) is 70.6. The maximum atomic E-state index is 13.1. The zero-order valence-electron chi connectivity index (χ0n) is 48.5. The van der Waals surface area contributed by atoms with Gasteiger partial charge >= 0.3 is 0 Å². The van der Waals surface area contributed by atoms with E-state index >= 15 is 0 Å². The minimum atomic E-state index is -1.57. The molecule has 1 heterocycles. The highest BCUT2D eigenvalue weighted by Gasteiger charge is 2.44. The average Bonchev–Trinajstić information content (AvgIpc) is 3.41. The fourth-order valence-corrected chi connectivity index (χ4v) is 9.83. The van der Waals surface area contributed by atoms with Crippen LogP contribution in [0.3, 0.4) is 0 Å². The highest BCUT2D eigenvalue weighted by molar-refractivity contribution is 5.76. The van der Waals surface area contributed by atoms with Gasteiger partial charge in [0.25, 0.3) is 0 Å². The molecule has 0 aromatic rings. The molecule has 1 rings (SSSR count). The Labute approximate surface area is 461 Å². The average molecular weight is 1050 g/mol. The van der Waals surface area contributed by atoms with Gasteiger partial charge in [-0.1, -0.05) is 286 Å². The molecule has 436 valence electrons. The Hall–Kier alpha value is -2.37. The summed E-state index contributed by atoms with van der Waals surface area (Å²) < 4.78 is 11.3. The Kier molecular flexibility index (Phi) is 51.8. The van der Waals surface area contributed by atoms with Gasteiger partial charge < -0.3 is 40.3 Å². The van der Waals surface area contributed by atoms with Crippen LogP contribution in [0.2, 0.25) is 0 Å². The number of rotatable bonds is 54. The SMILES string of the molecule is CC/C=C\C/C=C\C/C=C\C/C=C\C/C=C\CCCCCCCCCCCCCCCCCCCCCCCCCC(=O)NC(COC1OC(CO)C(O)C(O)C1O)C(O)/C=C/CCCCCCCCCCCCC. The predicted molar refractivity (Wildman–Crippen MR) is 318 cm³/mol. The van der Waals surface area contributed by atoms with Crippen LogP contribution >= 0.6 is 0 Å². The number of nitrogens with one attached hydrogen (secondary N) is 1. The van der Waals surface area contributed by atoms with Gasteiger partial charge in [-0.05, 0) is 64.2 Å². The molecule has 0 aliphatic carbocycles. The molecule has 9 nitrogen and oxygen atoms in total. The molecule has 1 fully saturated rings. The van der Waals surface area contributed by atoms with Crippen molar-refractivity contribution in [3.05, 3.63) is 72.9 Å². The molecule has 0 radical (unpaired) electrons. The predicted octanol–water partition coefficient (Wildman–Crippen LogP) is 16.4. The summed E-state index contributed by atoms with van der Waals surface area (Å²) in [5.74, 6) is -0.174. The molecule has 0 saturated carbocycles. The number of unbranched alkanes of at least 4 members (excludes halogenated alkanes) is 34. The molecule has 1 saturated heterocycles. The van der Waals surface area contributed by atoms with Gasteiger partial charge in [0, 0.05) is 6.42 Å². The summed E-state index contributed by atoms with van der Waals surface area (Å²) in [6.45, 7) is 3.67. The van der Waals surface area contributed by atoms with Crippen molar-refractivity contribution in [1.82, 2.24) is 5.32 Å². The van der Waals surface area contributed by atoms with E-state index in [0.29, 0.717) is 6.42 Å². The Morgan fingerprint density at radius 1 is 0.467 bits per heavy atom. The second kappa shape index (κ2) is 55.0. The third kappa shape index (κ3) is 44.2. The van der Waals surface area contributed by atoms with Crippen molar-refractivity contribution < 1.29 is 39.8 Å². The third-order valence-electron chi connectivity index (χ3n) is 14.8. The van der Waals surface area contributed by atoms with E-state index in [1.807, 2.05) is 6.08 Å². The fourth-order valence-electron chi connectivity index (χ4n) is 9.83. The topological polar surface area (TPSA) is 149 Å². The first-order valence-corrected chi connectivity index (χ1v) is 31.7. The Bertz CT molecular complexity index is 1410. The van der Waals surface area contributed by atoms with E-state index in [0.717, 1.165) is 70.6 Å². The Morgan fingerprint density at radius 3 is 1.23 bits per heavy atom. The van der Waals surface area contributed by atoms with Crippen LogP contribution in [-0.2, 0) is 14.3 Å². The monoisotopic (exact) mass is 1050 g/mol. The fraction of sp³-hybridized carbons (Fsp3) is 0.803. The van der Waals surface area contributed by atoms with Gasteiger partial charge in [0.1, 0.15) is 24.4 Å². The van der Waals surface area contributed by atoms with E-state index in [4.69, 9.17) is 9.47 Å². The first-order chi connectivity index (χ1) is 36.8. The van der Waals surface area contributed by atoms with Crippen LogP contribution in [0, 0.1) is 0 Å². The van der Waals surface area contributed by atoms with Gasteiger partial charge in [-0.2, -0.15) is 0 Å². The molecular weight excluding hydrogens is 935 g/mol. The lowest BCUT2D eigenvalue weighted by atomic mass is 9.99. The van der Waals surface area contributed by atoms with Gasteiger partial charge in [-0.3, -0.25) is 4.79 Å². The highest BCUT2D eigenvalue weighted by Crippen LogP contribution is 2.23. The number of hydrogen-bond donors (Lipinski definition) is 6. The van der Waals surface area contributed by atoms with E-state index in [2.05, 4.69) is 79.9 Å². The Balaban J connectivity index is 2.04. The number of amides is 1. The van der Waals surface area contributed by atoms with Crippen molar-refractivity contribution in [1.29, 1.82) is 0 Å². The summed E-state index contributed by atoms with van der Waals surface area (Å²) in [5.41, 5.74) is 0. The summed E-state index contributed by atoms with van der Waals surface area (Å²) in [6.07, 6.45) is 70.0. The van der Waals surface area contributed by atoms with E-state index in [1.165, 1.54) is 193 Å². The minimum Gasteiger partial charge on any atom is -0.394 e. The number of aliphatic hydroxyl groups is 5. The van der Waals surface area contributed by atoms with Crippen LogP contribution in [0.5, 0.6) is 0 Å². The van der Waals surface area contributed by atoms with Crippen molar-refractivity contribution >= 4 is 5.91 Å². The molecule has 1 amide bonds. The Morgan fingerprint density at radius 2 is 0.827 bits per heavy atom. The maximum Gasteiger partial charge on any atom is 0.220 e. The molecule has 9 heteroatoms. The molecule has 0 aromatic heterocycles. The zero-order valence-corrected chi connectivity index (χ0v) is 48.5. The van der Waals surface area contributed by atoms with Gasteiger partial charge in [-0.15, -0.1) is 0 Å². The van der Waals surface area contributed by atoms with Gasteiger partial charge in [-0.25, -0.2) is 0 Å².